The number of anilines is 2. The van der Waals surface area contributed by atoms with E-state index < -0.39 is 0 Å². The SMILES string of the molecule is CN1CCC(c2c[nH]c3ccc(NC(=S)Nc4ccc(F)cc4Br)cc23)CC1. The van der Waals surface area contributed by atoms with E-state index in [1.807, 2.05) is 6.07 Å². The van der Waals surface area contributed by atoms with Crippen molar-refractivity contribution in [2.24, 2.45) is 0 Å². The summed E-state index contributed by atoms with van der Waals surface area (Å²) in [6, 6.07) is 10.7. The summed E-state index contributed by atoms with van der Waals surface area (Å²) >= 11 is 8.78. The number of piperidine rings is 1. The second kappa shape index (κ2) is 8.19. The normalized spacial score (nSPS) is 15.7. The molecule has 0 saturated carbocycles. The van der Waals surface area contributed by atoms with Crippen LogP contribution < -0.4 is 10.6 Å². The molecular formula is C21H22BrFN4S. The van der Waals surface area contributed by atoms with E-state index in [2.05, 4.69) is 61.8 Å². The van der Waals surface area contributed by atoms with Crippen LogP contribution in [-0.2, 0) is 0 Å². The number of aromatic nitrogens is 1. The number of halogens is 2. The van der Waals surface area contributed by atoms with Gasteiger partial charge in [-0.05, 0) is 109 Å². The second-order valence-corrected chi connectivity index (χ2v) is 8.55. The van der Waals surface area contributed by atoms with Gasteiger partial charge in [0.15, 0.2) is 5.11 Å². The van der Waals surface area contributed by atoms with Gasteiger partial charge in [0.1, 0.15) is 5.82 Å². The zero-order valence-electron chi connectivity index (χ0n) is 15.6. The first-order chi connectivity index (χ1) is 13.5. The molecule has 28 heavy (non-hydrogen) atoms. The number of H-pyrrole nitrogens is 1. The first-order valence-electron chi connectivity index (χ1n) is 9.32. The average molecular weight is 461 g/mol. The van der Waals surface area contributed by atoms with E-state index in [0.717, 1.165) is 24.3 Å². The van der Waals surface area contributed by atoms with Gasteiger partial charge in [-0.1, -0.05) is 0 Å². The number of likely N-dealkylation sites (tertiary alicyclic amines) is 1. The number of nitrogens with one attached hydrogen (secondary N) is 3. The van der Waals surface area contributed by atoms with E-state index in [1.165, 1.54) is 35.9 Å². The van der Waals surface area contributed by atoms with Gasteiger partial charge in [-0.15, -0.1) is 0 Å². The van der Waals surface area contributed by atoms with Gasteiger partial charge in [0.2, 0.25) is 0 Å². The molecule has 4 nitrogen and oxygen atoms in total. The topological polar surface area (TPSA) is 43.1 Å². The highest BCUT2D eigenvalue weighted by atomic mass is 79.9. The molecule has 1 fully saturated rings. The van der Waals surface area contributed by atoms with Crippen molar-refractivity contribution in [1.82, 2.24) is 9.88 Å². The zero-order valence-corrected chi connectivity index (χ0v) is 18.0. The van der Waals surface area contributed by atoms with Gasteiger partial charge in [0, 0.05) is 27.3 Å². The monoisotopic (exact) mass is 460 g/mol. The van der Waals surface area contributed by atoms with Gasteiger partial charge in [-0.3, -0.25) is 0 Å². The molecule has 1 aromatic heterocycles. The molecule has 1 saturated heterocycles. The predicted octanol–water partition coefficient (Wildman–Crippen LogP) is 5.69. The van der Waals surface area contributed by atoms with Gasteiger partial charge in [-0.25, -0.2) is 4.39 Å². The Kier molecular flexibility index (Phi) is 5.66. The molecule has 0 unspecified atom stereocenters. The quantitative estimate of drug-likeness (QED) is 0.439. The minimum absolute atomic E-state index is 0.296. The molecule has 1 aliphatic rings. The van der Waals surface area contributed by atoms with Crippen LogP contribution in [0, 0.1) is 5.82 Å². The third-order valence-electron chi connectivity index (χ3n) is 5.31. The van der Waals surface area contributed by atoms with Crippen LogP contribution in [0.1, 0.15) is 24.3 Å². The van der Waals surface area contributed by atoms with Gasteiger partial charge in [0.05, 0.1) is 5.69 Å². The van der Waals surface area contributed by atoms with Crippen molar-refractivity contribution in [3.05, 3.63) is 58.4 Å². The lowest BCUT2D eigenvalue weighted by Crippen LogP contribution is -2.29. The summed E-state index contributed by atoms with van der Waals surface area (Å²) in [5.74, 6) is 0.288. The Bertz CT molecular complexity index is 1010. The second-order valence-electron chi connectivity index (χ2n) is 7.29. The summed E-state index contributed by atoms with van der Waals surface area (Å²) < 4.78 is 13.9. The molecule has 3 N–H and O–H groups in total. The maximum atomic E-state index is 13.3. The van der Waals surface area contributed by atoms with Gasteiger partial charge in [0.25, 0.3) is 0 Å². The average Bonchev–Trinajstić information content (AvgIpc) is 3.08. The van der Waals surface area contributed by atoms with Crippen LogP contribution in [0.2, 0.25) is 0 Å². The fourth-order valence-corrected chi connectivity index (χ4v) is 4.43. The van der Waals surface area contributed by atoms with E-state index in [9.17, 15) is 4.39 Å². The third kappa shape index (κ3) is 4.21. The Morgan fingerprint density at radius 3 is 2.71 bits per heavy atom. The van der Waals surface area contributed by atoms with Gasteiger partial charge in [-0.2, -0.15) is 0 Å². The Labute approximate surface area is 177 Å². The molecule has 0 aliphatic carbocycles. The van der Waals surface area contributed by atoms with Crippen molar-refractivity contribution in [2.45, 2.75) is 18.8 Å². The van der Waals surface area contributed by atoms with E-state index in [1.54, 1.807) is 6.07 Å². The zero-order chi connectivity index (χ0) is 19.7. The van der Waals surface area contributed by atoms with Crippen LogP contribution in [0.5, 0.6) is 0 Å². The molecule has 1 aliphatic heterocycles. The summed E-state index contributed by atoms with van der Waals surface area (Å²) in [5.41, 5.74) is 4.16. The largest absolute Gasteiger partial charge is 0.361 e. The fraction of sp³-hybridized carbons (Fsp3) is 0.286. The van der Waals surface area contributed by atoms with Crippen LogP contribution in [0.4, 0.5) is 15.8 Å². The summed E-state index contributed by atoms with van der Waals surface area (Å²) in [6.45, 7) is 2.27. The molecule has 0 atom stereocenters. The standard InChI is InChI=1S/C21H22BrFN4S/c1-27-8-6-13(7-9-27)17-12-24-19-5-3-15(11-16(17)19)25-21(28)26-20-4-2-14(23)10-18(20)22/h2-5,10-13,24H,6-9H2,1H3,(H2,25,26,28). The highest BCUT2D eigenvalue weighted by molar-refractivity contribution is 9.10. The summed E-state index contributed by atoms with van der Waals surface area (Å²) in [6.07, 6.45) is 4.51. The molecule has 3 aromatic rings. The maximum Gasteiger partial charge on any atom is 0.175 e. The van der Waals surface area contributed by atoms with E-state index >= 15 is 0 Å². The van der Waals surface area contributed by atoms with E-state index in [4.69, 9.17) is 12.2 Å². The number of rotatable bonds is 3. The summed E-state index contributed by atoms with van der Waals surface area (Å²) in [7, 11) is 2.18. The van der Waals surface area contributed by atoms with E-state index in [0.29, 0.717) is 21.2 Å². The number of hydrogen-bond donors (Lipinski definition) is 3. The highest BCUT2D eigenvalue weighted by Gasteiger charge is 2.21. The minimum Gasteiger partial charge on any atom is -0.361 e. The molecule has 146 valence electrons. The van der Waals surface area contributed by atoms with Crippen LogP contribution in [0.3, 0.4) is 0 Å². The first kappa shape index (κ1) is 19.4. The molecule has 0 bridgehead atoms. The van der Waals surface area contributed by atoms with Crippen molar-refractivity contribution in [2.75, 3.05) is 30.8 Å². The van der Waals surface area contributed by atoms with Crippen molar-refractivity contribution < 1.29 is 4.39 Å². The van der Waals surface area contributed by atoms with Crippen molar-refractivity contribution >= 4 is 55.5 Å². The van der Waals surface area contributed by atoms with Crippen molar-refractivity contribution in [3.63, 3.8) is 0 Å². The van der Waals surface area contributed by atoms with Crippen LogP contribution in [0.25, 0.3) is 10.9 Å². The number of nitrogens with zero attached hydrogens (tertiary/aromatic N) is 1. The summed E-state index contributed by atoms with van der Waals surface area (Å²) in [5, 5.41) is 8.04. The third-order valence-corrected chi connectivity index (χ3v) is 6.17. The molecule has 4 rings (SSSR count). The minimum atomic E-state index is -0.296. The predicted molar refractivity (Wildman–Crippen MR) is 122 cm³/mol. The lowest BCUT2D eigenvalue weighted by atomic mass is 9.89. The molecule has 7 heteroatoms. The smallest absolute Gasteiger partial charge is 0.175 e. The number of thiocarbonyl (C=S) groups is 1. The van der Waals surface area contributed by atoms with Crippen molar-refractivity contribution in [1.29, 1.82) is 0 Å². The molecule has 2 heterocycles. The Morgan fingerprint density at radius 2 is 1.96 bits per heavy atom. The van der Waals surface area contributed by atoms with E-state index in [-0.39, 0.29) is 5.82 Å². The van der Waals surface area contributed by atoms with Gasteiger partial charge >= 0.3 is 0 Å². The number of fused-ring (bicyclic) bond motifs is 1. The Morgan fingerprint density at radius 1 is 1.18 bits per heavy atom. The molecule has 0 amide bonds. The molecule has 0 spiro atoms. The van der Waals surface area contributed by atoms with Crippen LogP contribution in [-0.4, -0.2) is 35.1 Å². The molecule has 2 aromatic carbocycles. The van der Waals surface area contributed by atoms with Crippen LogP contribution >= 0.6 is 28.1 Å². The Hall–Kier alpha value is -1.96. The number of hydrogen-bond acceptors (Lipinski definition) is 2. The summed E-state index contributed by atoms with van der Waals surface area (Å²) in [4.78, 5) is 5.78. The lowest BCUT2D eigenvalue weighted by molar-refractivity contribution is 0.256. The maximum absolute atomic E-state index is 13.3. The van der Waals surface area contributed by atoms with Crippen LogP contribution in [0.15, 0.2) is 47.1 Å². The number of benzene rings is 2. The molecule has 0 radical (unpaired) electrons. The lowest BCUT2D eigenvalue weighted by Gasteiger charge is -2.28. The highest BCUT2D eigenvalue weighted by Crippen LogP contribution is 2.34. The molecular weight excluding hydrogens is 439 g/mol. The first-order valence-corrected chi connectivity index (χ1v) is 10.5. The fourth-order valence-electron chi connectivity index (χ4n) is 3.75. The van der Waals surface area contributed by atoms with Gasteiger partial charge < -0.3 is 20.5 Å². The van der Waals surface area contributed by atoms with Crippen molar-refractivity contribution in [3.8, 4) is 0 Å². The Balaban J connectivity index is 1.51. The number of aromatic amines is 1.